The minimum absolute atomic E-state index is 0.0733. The summed E-state index contributed by atoms with van der Waals surface area (Å²) in [5.74, 6) is 0.364. The first-order chi connectivity index (χ1) is 18.1. The van der Waals surface area contributed by atoms with Gasteiger partial charge in [-0.2, -0.15) is 18.4 Å². The lowest BCUT2D eigenvalue weighted by molar-refractivity contribution is -0.153. The van der Waals surface area contributed by atoms with Crippen molar-refractivity contribution in [1.29, 1.82) is 5.26 Å². The maximum absolute atomic E-state index is 12.6. The number of fused-ring (bicyclic) bond motifs is 1. The molecule has 1 heterocycles. The SMILES string of the molecule is CCC(C)(CCOc1ccccc1OCC(F)(F)F)N[C@H](C)Cc1cc(C#N)c2c(c1)CCN2CCCO. The van der Waals surface area contributed by atoms with Gasteiger partial charge in [-0.1, -0.05) is 25.1 Å². The fraction of sp³-hybridized carbons (Fsp3) is 0.552. The number of nitrogens with one attached hydrogen (secondary N) is 1. The molecule has 0 saturated heterocycles. The number of ether oxygens (including phenoxy) is 2. The first kappa shape index (κ1) is 29.6. The molecule has 1 aliphatic heterocycles. The Labute approximate surface area is 223 Å². The number of para-hydroxylation sites is 2. The van der Waals surface area contributed by atoms with Gasteiger partial charge in [-0.3, -0.25) is 0 Å². The van der Waals surface area contributed by atoms with Gasteiger partial charge >= 0.3 is 6.18 Å². The van der Waals surface area contributed by atoms with E-state index in [2.05, 4.69) is 43.1 Å². The van der Waals surface area contributed by atoms with Crippen molar-refractivity contribution in [2.24, 2.45) is 0 Å². The molecule has 2 N–H and O–H groups in total. The number of aliphatic hydroxyl groups excluding tert-OH is 1. The largest absolute Gasteiger partial charge is 0.490 e. The van der Waals surface area contributed by atoms with Crippen molar-refractivity contribution in [2.45, 2.75) is 70.6 Å². The number of anilines is 1. The summed E-state index contributed by atoms with van der Waals surface area (Å²) in [5, 5.41) is 22.7. The molecule has 0 spiro atoms. The zero-order valence-corrected chi connectivity index (χ0v) is 22.4. The number of nitriles is 1. The molecule has 2 aromatic carbocycles. The van der Waals surface area contributed by atoms with Crippen molar-refractivity contribution in [3.05, 3.63) is 53.1 Å². The van der Waals surface area contributed by atoms with Crippen LogP contribution in [0.2, 0.25) is 0 Å². The molecule has 9 heteroatoms. The van der Waals surface area contributed by atoms with Gasteiger partial charge in [0.05, 0.1) is 17.9 Å². The van der Waals surface area contributed by atoms with Gasteiger partial charge in [-0.25, -0.2) is 0 Å². The smallest absolute Gasteiger partial charge is 0.422 e. The maximum atomic E-state index is 12.6. The van der Waals surface area contributed by atoms with Crippen LogP contribution in [0.25, 0.3) is 0 Å². The number of hydrogen-bond acceptors (Lipinski definition) is 6. The van der Waals surface area contributed by atoms with Gasteiger partial charge in [0.1, 0.15) is 6.07 Å². The number of aliphatic hydroxyl groups is 1. The van der Waals surface area contributed by atoms with E-state index in [0.29, 0.717) is 30.8 Å². The predicted molar refractivity (Wildman–Crippen MR) is 142 cm³/mol. The van der Waals surface area contributed by atoms with Crippen LogP contribution in [-0.2, 0) is 12.8 Å². The first-order valence-electron chi connectivity index (χ1n) is 13.2. The van der Waals surface area contributed by atoms with Gasteiger partial charge in [0, 0.05) is 31.3 Å². The van der Waals surface area contributed by atoms with Crippen LogP contribution < -0.4 is 19.7 Å². The molecular formula is C29H38F3N3O3. The quantitative estimate of drug-likeness (QED) is 0.339. The summed E-state index contributed by atoms with van der Waals surface area (Å²) in [7, 11) is 0. The second kappa shape index (κ2) is 13.2. The van der Waals surface area contributed by atoms with Crippen LogP contribution in [-0.4, -0.2) is 55.8 Å². The minimum Gasteiger partial charge on any atom is -0.490 e. The zero-order chi connectivity index (χ0) is 27.8. The second-order valence-corrected chi connectivity index (χ2v) is 10.2. The average Bonchev–Trinajstić information content (AvgIpc) is 3.28. The van der Waals surface area contributed by atoms with E-state index in [-0.39, 0.29) is 23.9 Å². The van der Waals surface area contributed by atoms with Crippen LogP contribution in [0.5, 0.6) is 11.5 Å². The van der Waals surface area contributed by atoms with Crippen molar-refractivity contribution in [1.82, 2.24) is 5.32 Å². The average molecular weight is 534 g/mol. The van der Waals surface area contributed by atoms with Gasteiger partial charge < -0.3 is 24.8 Å². The van der Waals surface area contributed by atoms with E-state index in [1.54, 1.807) is 18.2 Å². The minimum atomic E-state index is -4.42. The number of hydrogen-bond donors (Lipinski definition) is 2. The molecule has 0 fully saturated rings. The van der Waals surface area contributed by atoms with Gasteiger partial charge in [0.15, 0.2) is 18.1 Å². The molecule has 2 aromatic rings. The lowest BCUT2D eigenvalue weighted by atomic mass is 9.92. The molecule has 0 aromatic heterocycles. The van der Waals surface area contributed by atoms with Gasteiger partial charge in [-0.15, -0.1) is 0 Å². The predicted octanol–water partition coefficient (Wildman–Crippen LogP) is 5.40. The molecule has 208 valence electrons. The summed E-state index contributed by atoms with van der Waals surface area (Å²) < 4.78 is 48.5. The number of rotatable bonds is 14. The highest BCUT2D eigenvalue weighted by Gasteiger charge is 2.29. The molecule has 0 bridgehead atoms. The van der Waals surface area contributed by atoms with Crippen LogP contribution in [0.1, 0.15) is 56.7 Å². The molecule has 38 heavy (non-hydrogen) atoms. The van der Waals surface area contributed by atoms with Crippen LogP contribution in [0.3, 0.4) is 0 Å². The Hall–Kier alpha value is -2.96. The molecule has 2 atom stereocenters. The summed E-state index contributed by atoms with van der Waals surface area (Å²) in [6.07, 6.45) is -0.611. The summed E-state index contributed by atoms with van der Waals surface area (Å²) >= 11 is 0. The van der Waals surface area contributed by atoms with Crippen molar-refractivity contribution in [3.63, 3.8) is 0 Å². The zero-order valence-electron chi connectivity index (χ0n) is 22.4. The molecule has 0 amide bonds. The molecule has 1 unspecified atom stereocenters. The third-order valence-electron chi connectivity index (χ3n) is 6.99. The summed E-state index contributed by atoms with van der Waals surface area (Å²) in [5.41, 5.74) is 3.72. The topological polar surface area (TPSA) is 77.8 Å². The van der Waals surface area contributed by atoms with Crippen molar-refractivity contribution < 1.29 is 27.8 Å². The fourth-order valence-electron chi connectivity index (χ4n) is 4.96. The van der Waals surface area contributed by atoms with E-state index in [9.17, 15) is 23.5 Å². The fourth-order valence-corrected chi connectivity index (χ4v) is 4.96. The molecule has 0 saturated carbocycles. The molecular weight excluding hydrogens is 495 g/mol. The summed E-state index contributed by atoms with van der Waals surface area (Å²) in [6, 6.07) is 13.0. The van der Waals surface area contributed by atoms with Crippen molar-refractivity contribution in [2.75, 3.05) is 37.8 Å². The van der Waals surface area contributed by atoms with E-state index in [1.165, 1.54) is 11.6 Å². The highest BCUT2D eigenvalue weighted by molar-refractivity contribution is 5.68. The third-order valence-corrected chi connectivity index (χ3v) is 6.99. The number of benzene rings is 2. The highest BCUT2D eigenvalue weighted by Crippen LogP contribution is 2.34. The van der Waals surface area contributed by atoms with Crippen molar-refractivity contribution in [3.8, 4) is 17.6 Å². The third kappa shape index (κ3) is 8.27. The van der Waals surface area contributed by atoms with Gasteiger partial charge in [0.25, 0.3) is 0 Å². The maximum Gasteiger partial charge on any atom is 0.422 e. The van der Waals surface area contributed by atoms with Crippen LogP contribution >= 0.6 is 0 Å². The number of alkyl halides is 3. The van der Waals surface area contributed by atoms with E-state index in [1.807, 2.05) is 6.07 Å². The number of nitrogens with zero attached hydrogens (tertiary/aromatic N) is 2. The summed E-state index contributed by atoms with van der Waals surface area (Å²) in [4.78, 5) is 2.19. The first-order valence-corrected chi connectivity index (χ1v) is 13.2. The Bertz CT molecular complexity index is 1100. The van der Waals surface area contributed by atoms with E-state index >= 15 is 0 Å². The molecule has 0 radical (unpaired) electrons. The van der Waals surface area contributed by atoms with Gasteiger partial charge in [-0.05, 0) is 75.3 Å². The Kier molecular flexibility index (Phi) is 10.3. The second-order valence-electron chi connectivity index (χ2n) is 10.2. The van der Waals surface area contributed by atoms with Gasteiger partial charge in [0.2, 0.25) is 0 Å². The van der Waals surface area contributed by atoms with E-state index < -0.39 is 12.8 Å². The van der Waals surface area contributed by atoms with Crippen LogP contribution in [0.15, 0.2) is 36.4 Å². The monoisotopic (exact) mass is 533 g/mol. The molecule has 0 aliphatic carbocycles. The Balaban J connectivity index is 1.59. The Morgan fingerprint density at radius 3 is 2.53 bits per heavy atom. The molecule has 3 rings (SSSR count). The summed E-state index contributed by atoms with van der Waals surface area (Å²) in [6.45, 7) is 7.00. The Morgan fingerprint density at radius 1 is 1.18 bits per heavy atom. The lowest BCUT2D eigenvalue weighted by Crippen LogP contribution is -2.48. The Morgan fingerprint density at radius 2 is 1.89 bits per heavy atom. The van der Waals surface area contributed by atoms with E-state index in [0.717, 1.165) is 43.6 Å². The van der Waals surface area contributed by atoms with Crippen LogP contribution in [0.4, 0.5) is 18.9 Å². The van der Waals surface area contributed by atoms with Crippen molar-refractivity contribution >= 4 is 5.69 Å². The lowest BCUT2D eigenvalue weighted by Gasteiger charge is -2.33. The van der Waals surface area contributed by atoms with E-state index in [4.69, 9.17) is 9.47 Å². The normalized spacial score (nSPS) is 15.5. The number of halogens is 3. The molecule has 1 aliphatic rings. The van der Waals surface area contributed by atoms with Crippen LogP contribution in [0, 0.1) is 11.3 Å². The standard InChI is InChI=1S/C29H38F3N3O3/c1-4-28(3,11-15-37-25-8-5-6-9-26(25)38-20-29(30,31)32)34-21(2)16-22-17-23-10-13-35(12-7-14-36)27(23)24(18-22)19-33/h5-6,8-9,17-18,21,34,36H,4,7,10-16,20H2,1-3H3/t21-,28?/m1/s1. The highest BCUT2D eigenvalue weighted by atomic mass is 19.4. The molecule has 6 nitrogen and oxygen atoms in total.